The third-order valence-corrected chi connectivity index (χ3v) is 10.7. The van der Waals surface area contributed by atoms with E-state index in [0.29, 0.717) is 17.4 Å². The van der Waals surface area contributed by atoms with Gasteiger partial charge in [-0.15, -0.1) is 0 Å². The van der Waals surface area contributed by atoms with Crippen molar-refractivity contribution in [3.63, 3.8) is 0 Å². The predicted molar refractivity (Wildman–Crippen MR) is 240 cm³/mol. The van der Waals surface area contributed by atoms with E-state index in [1.54, 1.807) is 6.08 Å². The van der Waals surface area contributed by atoms with Gasteiger partial charge in [0.1, 0.15) is 13.2 Å². The Hall–Kier alpha value is -1.80. The first-order valence-corrected chi connectivity index (χ1v) is 24.2. The maximum atomic E-state index is 12.9. The molecule has 8 nitrogen and oxygen atoms in total. The number of hydrogen-bond donors (Lipinski definition) is 3. The van der Waals surface area contributed by atoms with Gasteiger partial charge in [0.2, 0.25) is 5.91 Å². The van der Waals surface area contributed by atoms with E-state index >= 15 is 0 Å². The molecule has 1 amide bonds. The number of unbranched alkanes of at least 4 members (excludes halogenated alkanes) is 19. The number of aliphatic hydroxyl groups excluding tert-OH is 1. The summed E-state index contributed by atoms with van der Waals surface area (Å²) in [5.74, 6) is -0.207. The topological polar surface area (TPSA) is 105 Å². The number of rotatable bonds is 40. The highest BCUT2D eigenvalue weighted by Crippen LogP contribution is 2.43. The van der Waals surface area contributed by atoms with Crippen molar-refractivity contribution in [1.82, 2.24) is 5.32 Å². The molecule has 0 aromatic heterocycles. The van der Waals surface area contributed by atoms with Crippen molar-refractivity contribution in [3.8, 4) is 0 Å². The summed E-state index contributed by atoms with van der Waals surface area (Å²) >= 11 is 0. The Morgan fingerprint density at radius 1 is 0.607 bits per heavy atom. The Morgan fingerprint density at radius 3 is 1.55 bits per heavy atom. The van der Waals surface area contributed by atoms with Crippen LogP contribution in [0.3, 0.4) is 0 Å². The summed E-state index contributed by atoms with van der Waals surface area (Å²) < 4.78 is 23.5. The summed E-state index contributed by atoms with van der Waals surface area (Å²) in [7, 11) is 1.53. The fourth-order valence-corrected chi connectivity index (χ4v) is 6.78. The van der Waals surface area contributed by atoms with Gasteiger partial charge in [0.15, 0.2) is 0 Å². The third-order valence-electron chi connectivity index (χ3n) is 9.69. The minimum atomic E-state index is -4.36. The van der Waals surface area contributed by atoms with Crippen LogP contribution in [-0.2, 0) is 18.4 Å². The summed E-state index contributed by atoms with van der Waals surface area (Å²) in [6.45, 7) is 4.74. The zero-order chi connectivity index (χ0) is 41.4. The van der Waals surface area contributed by atoms with Crippen LogP contribution >= 0.6 is 7.82 Å². The number of amides is 1. The molecule has 0 aromatic carbocycles. The molecular weight excluding hydrogens is 719 g/mol. The molecule has 0 aliphatic heterocycles. The minimum Gasteiger partial charge on any atom is -0.387 e. The van der Waals surface area contributed by atoms with Crippen LogP contribution in [0.4, 0.5) is 0 Å². The molecule has 0 saturated heterocycles. The zero-order valence-corrected chi connectivity index (χ0v) is 37.8. The molecule has 3 N–H and O–H groups in total. The second kappa shape index (κ2) is 38.7. The zero-order valence-electron chi connectivity index (χ0n) is 36.9. The molecule has 0 heterocycles. The first-order valence-electron chi connectivity index (χ1n) is 22.7. The second-order valence-electron chi connectivity index (χ2n) is 16.4. The van der Waals surface area contributed by atoms with Crippen LogP contribution in [0.1, 0.15) is 181 Å². The van der Waals surface area contributed by atoms with Crippen LogP contribution in [0.2, 0.25) is 0 Å². The average Bonchev–Trinajstić information content (AvgIpc) is 3.15. The standard InChI is InChI=1S/C47H87N2O6P/c1-6-8-10-12-14-16-18-20-22-24-25-26-28-30-32-34-36-38-40-46(50)45(44-55-56(52,53)54-43-42-49(3,4)5)48-47(51)41-39-37-35-33-31-29-27-23-21-19-17-15-13-11-9-7-2/h17,19,23-25,27,30,32,38,40,45-46,50H,6-16,18,20-22,26,28-29,31,33-37,39,41-44H2,1-5H3,(H-,48,51,52,53)/p+1/b19-17-,25-24+,27-23-,32-30+,40-38+. The van der Waals surface area contributed by atoms with E-state index in [9.17, 15) is 19.4 Å². The van der Waals surface area contributed by atoms with Crippen molar-refractivity contribution in [3.05, 3.63) is 60.8 Å². The lowest BCUT2D eigenvalue weighted by molar-refractivity contribution is -0.870. The molecule has 0 bridgehead atoms. The fraction of sp³-hybridized carbons (Fsp3) is 0.766. The smallest absolute Gasteiger partial charge is 0.387 e. The van der Waals surface area contributed by atoms with E-state index in [2.05, 4.69) is 67.8 Å². The number of nitrogens with zero attached hydrogens (tertiary/aromatic N) is 1. The first-order chi connectivity index (χ1) is 27.0. The van der Waals surface area contributed by atoms with Gasteiger partial charge in [-0.05, 0) is 77.0 Å². The minimum absolute atomic E-state index is 0.0484. The lowest BCUT2D eigenvalue weighted by Crippen LogP contribution is -2.45. The molecule has 0 rings (SSSR count). The molecule has 0 fully saturated rings. The highest BCUT2D eigenvalue weighted by molar-refractivity contribution is 7.47. The summed E-state index contributed by atoms with van der Waals surface area (Å²) in [5.41, 5.74) is 0. The van der Waals surface area contributed by atoms with E-state index in [1.165, 1.54) is 89.9 Å². The van der Waals surface area contributed by atoms with E-state index in [4.69, 9.17) is 9.05 Å². The number of carbonyl (C=O) groups excluding carboxylic acids is 1. The quantitative estimate of drug-likeness (QED) is 0.0246. The van der Waals surface area contributed by atoms with E-state index < -0.39 is 20.0 Å². The molecule has 56 heavy (non-hydrogen) atoms. The molecule has 0 radical (unpaired) electrons. The summed E-state index contributed by atoms with van der Waals surface area (Å²) in [5, 5.41) is 13.8. The maximum absolute atomic E-state index is 12.9. The molecule has 3 unspecified atom stereocenters. The number of likely N-dealkylation sites (N-methyl/N-ethyl adjacent to an activating group) is 1. The largest absolute Gasteiger partial charge is 0.472 e. The second-order valence-corrected chi connectivity index (χ2v) is 17.9. The van der Waals surface area contributed by atoms with Crippen LogP contribution in [0, 0.1) is 0 Å². The van der Waals surface area contributed by atoms with E-state index in [1.807, 2.05) is 27.2 Å². The lowest BCUT2D eigenvalue weighted by atomic mass is 10.1. The highest BCUT2D eigenvalue weighted by Gasteiger charge is 2.27. The predicted octanol–water partition coefficient (Wildman–Crippen LogP) is 12.6. The molecule has 0 aliphatic carbocycles. The molecule has 0 aliphatic rings. The molecular formula is C47H88N2O6P+. The van der Waals surface area contributed by atoms with Gasteiger partial charge >= 0.3 is 7.82 Å². The van der Waals surface area contributed by atoms with Gasteiger partial charge in [0.05, 0.1) is 39.9 Å². The van der Waals surface area contributed by atoms with Gasteiger partial charge in [-0.25, -0.2) is 4.57 Å². The summed E-state index contributed by atoms with van der Waals surface area (Å²) in [6.07, 6.45) is 50.0. The normalized spacial score (nSPS) is 14.9. The van der Waals surface area contributed by atoms with Gasteiger partial charge in [-0.3, -0.25) is 13.8 Å². The Balaban J connectivity index is 4.54. The summed E-state index contributed by atoms with van der Waals surface area (Å²) in [6, 6.07) is -0.878. The van der Waals surface area contributed by atoms with Crippen molar-refractivity contribution in [2.45, 2.75) is 193 Å². The van der Waals surface area contributed by atoms with Crippen LogP contribution in [-0.4, -0.2) is 73.4 Å². The van der Waals surface area contributed by atoms with Crippen molar-refractivity contribution >= 4 is 13.7 Å². The molecule has 326 valence electrons. The number of carbonyl (C=O) groups is 1. The van der Waals surface area contributed by atoms with Crippen LogP contribution in [0.25, 0.3) is 0 Å². The van der Waals surface area contributed by atoms with E-state index in [0.717, 1.165) is 70.6 Å². The maximum Gasteiger partial charge on any atom is 0.472 e. The Kier molecular flexibility index (Phi) is 37.5. The van der Waals surface area contributed by atoms with Gasteiger partial charge in [-0.2, -0.15) is 0 Å². The van der Waals surface area contributed by atoms with Gasteiger partial charge in [0.25, 0.3) is 0 Å². The van der Waals surface area contributed by atoms with Crippen LogP contribution in [0.5, 0.6) is 0 Å². The number of quaternary nitrogens is 1. The Morgan fingerprint density at radius 2 is 1.04 bits per heavy atom. The number of nitrogens with one attached hydrogen (secondary N) is 1. The number of phosphoric acid groups is 1. The van der Waals surface area contributed by atoms with E-state index in [-0.39, 0.29) is 19.1 Å². The molecule has 0 saturated carbocycles. The lowest BCUT2D eigenvalue weighted by Gasteiger charge is -2.25. The molecule has 0 aromatic rings. The van der Waals surface area contributed by atoms with Crippen molar-refractivity contribution < 1.29 is 32.9 Å². The van der Waals surface area contributed by atoms with Crippen molar-refractivity contribution in [2.24, 2.45) is 0 Å². The summed E-state index contributed by atoms with van der Waals surface area (Å²) in [4.78, 5) is 23.1. The van der Waals surface area contributed by atoms with Crippen LogP contribution in [0.15, 0.2) is 60.8 Å². The number of phosphoric ester groups is 1. The monoisotopic (exact) mass is 808 g/mol. The fourth-order valence-electron chi connectivity index (χ4n) is 6.04. The molecule has 3 atom stereocenters. The molecule has 0 spiro atoms. The average molecular weight is 808 g/mol. The van der Waals surface area contributed by atoms with Crippen LogP contribution < -0.4 is 5.32 Å². The first kappa shape index (κ1) is 54.2. The number of aliphatic hydroxyl groups is 1. The number of allylic oxidation sites excluding steroid dienone is 9. The van der Waals surface area contributed by atoms with Gasteiger partial charge in [0, 0.05) is 6.42 Å². The van der Waals surface area contributed by atoms with Crippen molar-refractivity contribution in [2.75, 3.05) is 40.9 Å². The van der Waals surface area contributed by atoms with Gasteiger partial charge in [-0.1, -0.05) is 158 Å². The SMILES string of the molecule is CCCCCC/C=C\C/C=C\CCCCCCCC(=O)NC(COP(=O)(O)OCC[N+](C)(C)C)C(O)/C=C/CC/C=C/CC/C=C/CCCCCCCCCC. The number of hydrogen-bond acceptors (Lipinski definition) is 5. The van der Waals surface area contributed by atoms with Crippen molar-refractivity contribution in [1.29, 1.82) is 0 Å². The third kappa shape index (κ3) is 40.4. The highest BCUT2D eigenvalue weighted by atomic mass is 31.2. The Bertz CT molecular complexity index is 1100. The Labute approximate surface area is 345 Å². The van der Waals surface area contributed by atoms with Gasteiger partial charge < -0.3 is 19.8 Å². The molecule has 9 heteroatoms.